The number of halogens is 1. The van der Waals surface area contributed by atoms with Crippen LogP contribution in [0.1, 0.15) is 10.4 Å². The molecule has 0 N–H and O–H groups in total. The standard InChI is InChI=1S/C20H23N3O3S3.ClH/c1-22(2)11-12-23(19(24)15-7-5-6-8-17(15)27-3)20-21-16-10-9-14(29(4,25)26)13-18(16)28-20;/h5-10,13H,11-12H2,1-4H3;1H. The van der Waals surface area contributed by atoms with Crippen LogP contribution in [-0.2, 0) is 9.84 Å². The van der Waals surface area contributed by atoms with Gasteiger partial charge in [0.15, 0.2) is 15.0 Å². The number of sulfone groups is 1. The molecule has 0 spiro atoms. The fourth-order valence-corrected chi connectivity index (χ4v) is 5.13. The molecular weight excluding hydrogens is 462 g/mol. The van der Waals surface area contributed by atoms with Crippen LogP contribution in [0.15, 0.2) is 52.3 Å². The second kappa shape index (κ2) is 10.1. The zero-order valence-corrected chi connectivity index (χ0v) is 20.4. The molecule has 0 unspecified atom stereocenters. The molecule has 0 atom stereocenters. The number of amides is 1. The number of rotatable bonds is 7. The van der Waals surface area contributed by atoms with Crippen molar-refractivity contribution in [2.24, 2.45) is 0 Å². The Hall–Kier alpha value is -1.65. The zero-order valence-electron chi connectivity index (χ0n) is 17.2. The molecule has 0 aliphatic carbocycles. The van der Waals surface area contributed by atoms with Crippen molar-refractivity contribution in [3.63, 3.8) is 0 Å². The van der Waals surface area contributed by atoms with E-state index < -0.39 is 9.84 Å². The average Bonchev–Trinajstić information content (AvgIpc) is 3.09. The Kier molecular flexibility index (Phi) is 8.29. The molecule has 30 heavy (non-hydrogen) atoms. The Bertz CT molecular complexity index is 1150. The smallest absolute Gasteiger partial charge is 0.261 e. The summed E-state index contributed by atoms with van der Waals surface area (Å²) in [5.74, 6) is -0.112. The van der Waals surface area contributed by atoms with Gasteiger partial charge in [-0.05, 0) is 50.7 Å². The van der Waals surface area contributed by atoms with Gasteiger partial charge in [-0.1, -0.05) is 23.5 Å². The van der Waals surface area contributed by atoms with E-state index in [1.807, 2.05) is 49.5 Å². The predicted octanol–water partition coefficient (Wildman–Crippen LogP) is 4.05. The van der Waals surface area contributed by atoms with Gasteiger partial charge in [0.2, 0.25) is 0 Å². The highest BCUT2D eigenvalue weighted by Crippen LogP contribution is 2.32. The van der Waals surface area contributed by atoms with Crippen molar-refractivity contribution in [2.75, 3.05) is 44.6 Å². The average molecular weight is 486 g/mol. The lowest BCUT2D eigenvalue weighted by atomic mass is 10.2. The number of anilines is 1. The van der Waals surface area contributed by atoms with Gasteiger partial charge >= 0.3 is 0 Å². The highest BCUT2D eigenvalue weighted by molar-refractivity contribution is 7.98. The molecule has 0 radical (unpaired) electrons. The van der Waals surface area contributed by atoms with Crippen LogP contribution in [0, 0.1) is 0 Å². The summed E-state index contributed by atoms with van der Waals surface area (Å²) >= 11 is 2.86. The van der Waals surface area contributed by atoms with Gasteiger partial charge in [0, 0.05) is 24.2 Å². The maximum atomic E-state index is 13.4. The highest BCUT2D eigenvalue weighted by atomic mass is 35.5. The number of benzene rings is 2. The molecule has 1 heterocycles. The molecule has 3 aromatic rings. The summed E-state index contributed by atoms with van der Waals surface area (Å²) in [7, 11) is 0.601. The summed E-state index contributed by atoms with van der Waals surface area (Å²) in [6.07, 6.45) is 3.13. The molecule has 0 saturated heterocycles. The van der Waals surface area contributed by atoms with E-state index in [2.05, 4.69) is 4.98 Å². The number of likely N-dealkylation sites (N-methyl/N-ethyl adjacent to an activating group) is 1. The summed E-state index contributed by atoms with van der Waals surface area (Å²) in [4.78, 5) is 22.9. The van der Waals surface area contributed by atoms with Crippen LogP contribution in [0.25, 0.3) is 10.2 Å². The summed E-state index contributed by atoms with van der Waals surface area (Å²) in [5.41, 5.74) is 1.31. The third kappa shape index (κ3) is 5.53. The number of carbonyl (C=O) groups is 1. The van der Waals surface area contributed by atoms with Crippen molar-refractivity contribution in [3.05, 3.63) is 48.0 Å². The Morgan fingerprint density at radius 3 is 2.47 bits per heavy atom. The second-order valence-corrected chi connectivity index (χ2v) is 10.7. The first kappa shape index (κ1) is 24.6. The van der Waals surface area contributed by atoms with Gasteiger partial charge < -0.3 is 4.90 Å². The lowest BCUT2D eigenvalue weighted by molar-refractivity contribution is 0.0982. The van der Waals surface area contributed by atoms with Gasteiger partial charge in [-0.25, -0.2) is 13.4 Å². The van der Waals surface area contributed by atoms with Gasteiger partial charge in [0.25, 0.3) is 5.91 Å². The monoisotopic (exact) mass is 485 g/mol. The van der Waals surface area contributed by atoms with Crippen LogP contribution in [0.5, 0.6) is 0 Å². The number of fused-ring (bicyclic) bond motifs is 1. The normalized spacial score (nSPS) is 11.5. The summed E-state index contributed by atoms with van der Waals surface area (Å²) in [6, 6.07) is 12.4. The van der Waals surface area contributed by atoms with E-state index in [1.54, 1.807) is 23.1 Å². The van der Waals surface area contributed by atoms with Crippen LogP contribution >= 0.6 is 35.5 Å². The maximum absolute atomic E-state index is 13.4. The topological polar surface area (TPSA) is 70.6 Å². The van der Waals surface area contributed by atoms with Crippen LogP contribution in [0.3, 0.4) is 0 Å². The highest BCUT2D eigenvalue weighted by Gasteiger charge is 2.23. The zero-order chi connectivity index (χ0) is 21.2. The molecule has 0 aliphatic heterocycles. The number of thioether (sulfide) groups is 1. The van der Waals surface area contributed by atoms with Gasteiger partial charge in [-0.15, -0.1) is 24.2 Å². The molecule has 162 valence electrons. The summed E-state index contributed by atoms with van der Waals surface area (Å²) < 4.78 is 24.5. The first-order chi connectivity index (χ1) is 13.7. The molecular formula is C20H24ClN3O3S3. The van der Waals surface area contributed by atoms with E-state index in [0.29, 0.717) is 29.3 Å². The fourth-order valence-electron chi connectivity index (χ4n) is 2.79. The SMILES string of the molecule is CSc1ccccc1C(=O)N(CCN(C)C)c1nc2ccc(S(C)(=O)=O)cc2s1.Cl. The lowest BCUT2D eigenvalue weighted by Gasteiger charge is -2.22. The number of carbonyl (C=O) groups excluding carboxylic acids is 1. The van der Waals surface area contributed by atoms with E-state index in [9.17, 15) is 13.2 Å². The Labute approximate surface area is 191 Å². The Morgan fingerprint density at radius 2 is 1.83 bits per heavy atom. The van der Waals surface area contributed by atoms with E-state index in [0.717, 1.165) is 9.60 Å². The van der Waals surface area contributed by atoms with Crippen LogP contribution < -0.4 is 4.90 Å². The van der Waals surface area contributed by atoms with Crippen molar-refractivity contribution in [1.82, 2.24) is 9.88 Å². The first-order valence-electron chi connectivity index (χ1n) is 8.91. The second-order valence-electron chi connectivity index (χ2n) is 6.86. The predicted molar refractivity (Wildman–Crippen MR) is 128 cm³/mol. The molecule has 0 fully saturated rings. The van der Waals surface area contributed by atoms with Gasteiger partial charge in [-0.3, -0.25) is 9.69 Å². The van der Waals surface area contributed by atoms with Crippen LogP contribution in [0.4, 0.5) is 5.13 Å². The van der Waals surface area contributed by atoms with Crippen molar-refractivity contribution in [2.45, 2.75) is 9.79 Å². The van der Waals surface area contributed by atoms with Crippen LogP contribution in [0.2, 0.25) is 0 Å². The molecule has 1 amide bonds. The number of aromatic nitrogens is 1. The minimum atomic E-state index is -3.31. The number of thiazole rings is 1. The minimum Gasteiger partial charge on any atom is -0.308 e. The van der Waals surface area contributed by atoms with E-state index in [1.165, 1.54) is 29.4 Å². The molecule has 0 bridgehead atoms. The number of hydrogen-bond acceptors (Lipinski definition) is 7. The third-order valence-corrected chi connectivity index (χ3v) is 7.31. The van der Waals surface area contributed by atoms with Crippen molar-refractivity contribution >= 4 is 66.6 Å². The van der Waals surface area contributed by atoms with Crippen molar-refractivity contribution < 1.29 is 13.2 Å². The Balaban J connectivity index is 0.00000320. The summed E-state index contributed by atoms with van der Waals surface area (Å²) in [6.45, 7) is 1.16. The number of nitrogens with zero attached hydrogens (tertiary/aromatic N) is 3. The van der Waals surface area contributed by atoms with Gasteiger partial charge in [-0.2, -0.15) is 0 Å². The fraction of sp³-hybridized carbons (Fsp3) is 0.300. The lowest BCUT2D eigenvalue weighted by Crippen LogP contribution is -2.37. The molecule has 3 rings (SSSR count). The van der Waals surface area contributed by atoms with Crippen LogP contribution in [-0.4, -0.2) is 63.9 Å². The summed E-state index contributed by atoms with van der Waals surface area (Å²) in [5, 5.41) is 0.563. The van der Waals surface area contributed by atoms with Gasteiger partial charge in [0.1, 0.15) is 0 Å². The Morgan fingerprint density at radius 1 is 1.13 bits per heavy atom. The van der Waals surface area contributed by atoms with E-state index in [-0.39, 0.29) is 23.2 Å². The maximum Gasteiger partial charge on any atom is 0.261 e. The van der Waals surface area contributed by atoms with E-state index in [4.69, 9.17) is 0 Å². The molecule has 0 saturated carbocycles. The first-order valence-corrected chi connectivity index (χ1v) is 12.8. The number of hydrogen-bond donors (Lipinski definition) is 0. The van der Waals surface area contributed by atoms with Crippen molar-refractivity contribution in [3.8, 4) is 0 Å². The molecule has 10 heteroatoms. The molecule has 1 aromatic heterocycles. The quantitative estimate of drug-likeness (QED) is 0.470. The third-order valence-electron chi connectivity index (χ3n) is 4.36. The minimum absolute atomic E-state index is 0. The molecule has 2 aromatic carbocycles. The van der Waals surface area contributed by atoms with E-state index >= 15 is 0 Å². The van der Waals surface area contributed by atoms with Crippen molar-refractivity contribution in [1.29, 1.82) is 0 Å². The largest absolute Gasteiger partial charge is 0.308 e. The molecule has 0 aliphatic rings. The molecule has 6 nitrogen and oxygen atoms in total. The van der Waals surface area contributed by atoms with Gasteiger partial charge in [0.05, 0.1) is 20.7 Å².